The van der Waals surface area contributed by atoms with Crippen molar-refractivity contribution in [3.63, 3.8) is 0 Å². The fourth-order valence-electron chi connectivity index (χ4n) is 2.45. The Balaban J connectivity index is 2.06. The van der Waals surface area contributed by atoms with E-state index in [1.54, 1.807) is 32.3 Å². The van der Waals surface area contributed by atoms with Crippen LogP contribution in [0.4, 0.5) is 5.69 Å². The normalized spacial score (nSPS) is 17.0. The Morgan fingerprint density at radius 1 is 1.26 bits per heavy atom. The van der Waals surface area contributed by atoms with Crippen molar-refractivity contribution in [3.8, 4) is 0 Å². The zero-order valence-corrected chi connectivity index (χ0v) is 12.4. The number of anilines is 1. The van der Waals surface area contributed by atoms with Crippen LogP contribution in [0.2, 0.25) is 0 Å². The number of nitrogens with one attached hydrogen (secondary N) is 1. The molecule has 1 N–H and O–H groups in total. The Morgan fingerprint density at radius 3 is 2.58 bits per heavy atom. The van der Waals surface area contributed by atoms with Crippen LogP contribution in [0.15, 0.2) is 29.2 Å². The zero-order valence-electron chi connectivity index (χ0n) is 11.6. The van der Waals surface area contributed by atoms with Gasteiger partial charge in [-0.25, -0.2) is 12.7 Å². The van der Waals surface area contributed by atoms with Crippen LogP contribution in [0.3, 0.4) is 0 Å². The fraction of sp³-hybridized carbons (Fsp3) is 0.571. The molecular weight excluding hydrogens is 260 g/mol. The molecule has 1 aromatic carbocycles. The number of rotatable bonds is 5. The average Bonchev–Trinajstić information content (AvgIpc) is 2.89. The van der Waals surface area contributed by atoms with Crippen LogP contribution in [-0.4, -0.2) is 33.4 Å². The van der Waals surface area contributed by atoms with Crippen LogP contribution in [0.1, 0.15) is 25.7 Å². The second kappa shape index (κ2) is 5.92. The second-order valence-electron chi connectivity index (χ2n) is 5.35. The fourth-order valence-corrected chi connectivity index (χ4v) is 3.40. The van der Waals surface area contributed by atoms with Gasteiger partial charge in [-0.2, -0.15) is 0 Å². The standard InChI is InChI=1S/C14H22N2O2S/c1-16(2)19(17,18)14-9-5-8-13(10-14)15-11-12-6-3-4-7-12/h5,8-10,12,15H,3-4,6-7,11H2,1-2H3. The Kier molecular flexibility index (Phi) is 4.47. The van der Waals surface area contributed by atoms with Gasteiger partial charge in [-0.15, -0.1) is 0 Å². The van der Waals surface area contributed by atoms with Crippen LogP contribution in [-0.2, 0) is 10.0 Å². The van der Waals surface area contributed by atoms with E-state index in [1.165, 1.54) is 30.0 Å². The molecule has 0 bridgehead atoms. The third kappa shape index (κ3) is 3.48. The SMILES string of the molecule is CN(C)S(=O)(=O)c1cccc(NCC2CCCC2)c1. The molecule has 1 aromatic rings. The Bertz CT molecular complexity index is 520. The minimum absolute atomic E-state index is 0.342. The summed E-state index contributed by atoms with van der Waals surface area (Å²) in [5.41, 5.74) is 0.884. The molecular formula is C14H22N2O2S. The Morgan fingerprint density at radius 2 is 1.95 bits per heavy atom. The number of hydrogen-bond acceptors (Lipinski definition) is 3. The molecule has 106 valence electrons. The van der Waals surface area contributed by atoms with E-state index in [2.05, 4.69) is 5.32 Å². The Labute approximate surface area is 115 Å². The van der Waals surface area contributed by atoms with Crippen molar-refractivity contribution >= 4 is 15.7 Å². The van der Waals surface area contributed by atoms with Crippen LogP contribution in [0, 0.1) is 5.92 Å². The second-order valence-corrected chi connectivity index (χ2v) is 7.50. The monoisotopic (exact) mass is 282 g/mol. The number of nitrogens with zero attached hydrogens (tertiary/aromatic N) is 1. The van der Waals surface area contributed by atoms with E-state index >= 15 is 0 Å². The lowest BCUT2D eigenvalue weighted by molar-refractivity contribution is 0.521. The number of sulfonamides is 1. The van der Waals surface area contributed by atoms with Gasteiger partial charge in [0.15, 0.2) is 0 Å². The van der Waals surface area contributed by atoms with E-state index in [1.807, 2.05) is 6.07 Å². The molecule has 1 saturated carbocycles. The van der Waals surface area contributed by atoms with Crippen LogP contribution in [0.25, 0.3) is 0 Å². The first kappa shape index (κ1) is 14.3. The summed E-state index contributed by atoms with van der Waals surface area (Å²) in [5.74, 6) is 0.731. The predicted octanol–water partition coefficient (Wildman–Crippen LogP) is 2.54. The molecule has 19 heavy (non-hydrogen) atoms. The molecule has 0 saturated heterocycles. The van der Waals surface area contributed by atoms with Gasteiger partial charge in [0.2, 0.25) is 10.0 Å². The molecule has 5 heteroatoms. The van der Waals surface area contributed by atoms with Gasteiger partial charge in [0.05, 0.1) is 4.90 Å². The highest BCUT2D eigenvalue weighted by molar-refractivity contribution is 7.89. The molecule has 0 heterocycles. The molecule has 2 rings (SSSR count). The third-order valence-electron chi connectivity index (χ3n) is 3.68. The maximum atomic E-state index is 12.0. The van der Waals surface area contributed by atoms with Crippen molar-refractivity contribution in [2.75, 3.05) is 26.0 Å². The van der Waals surface area contributed by atoms with Gasteiger partial charge in [-0.3, -0.25) is 0 Å². The average molecular weight is 282 g/mol. The largest absolute Gasteiger partial charge is 0.385 e. The highest BCUT2D eigenvalue weighted by Gasteiger charge is 2.18. The summed E-state index contributed by atoms with van der Waals surface area (Å²) in [6.07, 6.45) is 5.20. The smallest absolute Gasteiger partial charge is 0.242 e. The topological polar surface area (TPSA) is 49.4 Å². The van der Waals surface area contributed by atoms with E-state index in [9.17, 15) is 8.42 Å². The molecule has 1 aliphatic rings. The van der Waals surface area contributed by atoms with Crippen LogP contribution < -0.4 is 5.32 Å². The van der Waals surface area contributed by atoms with E-state index in [-0.39, 0.29) is 0 Å². The van der Waals surface area contributed by atoms with E-state index in [0.29, 0.717) is 4.90 Å². The van der Waals surface area contributed by atoms with Gasteiger partial charge in [-0.05, 0) is 37.0 Å². The molecule has 4 nitrogen and oxygen atoms in total. The maximum Gasteiger partial charge on any atom is 0.242 e. The van der Waals surface area contributed by atoms with Crippen molar-refractivity contribution in [2.45, 2.75) is 30.6 Å². The van der Waals surface area contributed by atoms with E-state index < -0.39 is 10.0 Å². The van der Waals surface area contributed by atoms with E-state index in [4.69, 9.17) is 0 Å². The Hall–Kier alpha value is -1.07. The van der Waals surface area contributed by atoms with Gasteiger partial charge in [0.25, 0.3) is 0 Å². The van der Waals surface area contributed by atoms with Gasteiger partial charge in [0, 0.05) is 26.3 Å². The lowest BCUT2D eigenvalue weighted by atomic mass is 10.1. The van der Waals surface area contributed by atoms with Crippen molar-refractivity contribution in [2.24, 2.45) is 5.92 Å². The van der Waals surface area contributed by atoms with Gasteiger partial charge in [-0.1, -0.05) is 18.9 Å². The van der Waals surface area contributed by atoms with Gasteiger partial charge < -0.3 is 5.32 Å². The lowest BCUT2D eigenvalue weighted by Crippen LogP contribution is -2.22. The summed E-state index contributed by atoms with van der Waals surface area (Å²) < 4.78 is 25.3. The van der Waals surface area contributed by atoms with Crippen molar-refractivity contribution in [1.82, 2.24) is 4.31 Å². The van der Waals surface area contributed by atoms with Crippen molar-refractivity contribution in [1.29, 1.82) is 0 Å². The summed E-state index contributed by atoms with van der Waals surface area (Å²) in [6.45, 7) is 0.936. The maximum absolute atomic E-state index is 12.0. The molecule has 0 atom stereocenters. The predicted molar refractivity (Wildman–Crippen MR) is 77.8 cm³/mol. The first-order valence-corrected chi connectivity index (χ1v) is 8.20. The summed E-state index contributed by atoms with van der Waals surface area (Å²) >= 11 is 0. The van der Waals surface area contributed by atoms with Gasteiger partial charge >= 0.3 is 0 Å². The number of hydrogen-bond donors (Lipinski definition) is 1. The molecule has 1 aliphatic carbocycles. The quantitative estimate of drug-likeness (QED) is 0.903. The molecule has 0 aromatic heterocycles. The van der Waals surface area contributed by atoms with Gasteiger partial charge in [0.1, 0.15) is 0 Å². The molecule has 0 radical (unpaired) electrons. The minimum Gasteiger partial charge on any atom is -0.385 e. The molecule has 0 spiro atoms. The lowest BCUT2D eigenvalue weighted by Gasteiger charge is -2.14. The zero-order chi connectivity index (χ0) is 13.9. The van der Waals surface area contributed by atoms with Crippen molar-refractivity contribution < 1.29 is 8.42 Å². The summed E-state index contributed by atoms with van der Waals surface area (Å²) in [7, 11) is -0.244. The summed E-state index contributed by atoms with van der Waals surface area (Å²) in [4.78, 5) is 0.342. The molecule has 0 aliphatic heterocycles. The highest BCUT2D eigenvalue weighted by atomic mass is 32.2. The minimum atomic E-state index is -3.34. The van der Waals surface area contributed by atoms with Crippen LogP contribution >= 0.6 is 0 Å². The van der Waals surface area contributed by atoms with E-state index in [0.717, 1.165) is 18.2 Å². The highest BCUT2D eigenvalue weighted by Crippen LogP contribution is 2.25. The third-order valence-corrected chi connectivity index (χ3v) is 5.49. The molecule has 1 fully saturated rings. The number of benzene rings is 1. The van der Waals surface area contributed by atoms with Crippen molar-refractivity contribution in [3.05, 3.63) is 24.3 Å². The summed E-state index contributed by atoms with van der Waals surface area (Å²) in [6, 6.07) is 7.05. The molecule has 0 unspecified atom stereocenters. The molecule has 0 amide bonds. The summed E-state index contributed by atoms with van der Waals surface area (Å²) in [5, 5.41) is 3.36. The van der Waals surface area contributed by atoms with Crippen LogP contribution in [0.5, 0.6) is 0 Å². The first-order chi connectivity index (χ1) is 9.00. The first-order valence-electron chi connectivity index (χ1n) is 6.76.